The molecule has 4 rings (SSSR count). The van der Waals surface area contributed by atoms with E-state index in [4.69, 9.17) is 4.52 Å². The fourth-order valence-electron chi connectivity index (χ4n) is 3.12. The molecule has 1 fully saturated rings. The smallest absolute Gasteiger partial charge is 0.282 e. The summed E-state index contributed by atoms with van der Waals surface area (Å²) < 4.78 is 34.0. The number of alkyl halides is 2. The summed E-state index contributed by atoms with van der Waals surface area (Å²) in [6, 6.07) is 7.43. The number of rotatable bonds is 4. The minimum atomic E-state index is -2.73. The Hall–Kier alpha value is -2.68. The molecule has 0 unspecified atom stereocenters. The van der Waals surface area contributed by atoms with Crippen molar-refractivity contribution in [3.63, 3.8) is 0 Å². The van der Waals surface area contributed by atoms with Gasteiger partial charge in [0, 0.05) is 5.56 Å². The zero-order valence-electron chi connectivity index (χ0n) is 14.2. The van der Waals surface area contributed by atoms with Gasteiger partial charge in [0.05, 0.1) is 6.04 Å². The Bertz CT molecular complexity index is 883. The van der Waals surface area contributed by atoms with Crippen molar-refractivity contribution in [1.82, 2.24) is 30.5 Å². The Morgan fingerprint density at radius 3 is 2.62 bits per heavy atom. The van der Waals surface area contributed by atoms with Gasteiger partial charge >= 0.3 is 0 Å². The van der Waals surface area contributed by atoms with Crippen molar-refractivity contribution >= 4 is 0 Å². The Kier molecular flexibility index (Phi) is 4.46. The van der Waals surface area contributed by atoms with Crippen LogP contribution in [0.5, 0.6) is 0 Å². The quantitative estimate of drug-likeness (QED) is 0.770. The van der Waals surface area contributed by atoms with E-state index in [1.807, 2.05) is 31.2 Å². The number of hydrogen-bond donors (Lipinski definition) is 1. The first-order valence-electron chi connectivity index (χ1n) is 8.48. The van der Waals surface area contributed by atoms with Gasteiger partial charge in [-0.1, -0.05) is 40.2 Å². The molecule has 1 saturated heterocycles. The lowest BCUT2D eigenvalue weighted by atomic mass is 10.1. The van der Waals surface area contributed by atoms with Crippen LogP contribution in [0.15, 0.2) is 28.8 Å². The van der Waals surface area contributed by atoms with Crippen molar-refractivity contribution in [2.75, 3.05) is 13.1 Å². The highest BCUT2D eigenvalue weighted by atomic mass is 19.3. The van der Waals surface area contributed by atoms with E-state index in [9.17, 15) is 8.78 Å². The number of aryl methyl sites for hydroxylation is 1. The van der Waals surface area contributed by atoms with Gasteiger partial charge in [-0.2, -0.15) is 4.98 Å². The van der Waals surface area contributed by atoms with Crippen LogP contribution in [0.3, 0.4) is 0 Å². The summed E-state index contributed by atoms with van der Waals surface area (Å²) in [7, 11) is 0. The van der Waals surface area contributed by atoms with Crippen LogP contribution >= 0.6 is 0 Å². The maximum Gasteiger partial charge on any atom is 0.282 e. The molecule has 3 heterocycles. The van der Waals surface area contributed by atoms with Crippen LogP contribution in [-0.4, -0.2) is 38.2 Å². The molecule has 2 aromatic heterocycles. The molecule has 0 bridgehead atoms. The fraction of sp³-hybridized carbons (Fsp3) is 0.412. The normalized spacial score (nSPS) is 15.7. The largest absolute Gasteiger partial charge is 0.332 e. The van der Waals surface area contributed by atoms with E-state index >= 15 is 0 Å². The number of benzene rings is 1. The minimum absolute atomic E-state index is 0.0453. The van der Waals surface area contributed by atoms with E-state index in [-0.39, 0.29) is 23.3 Å². The van der Waals surface area contributed by atoms with Gasteiger partial charge in [-0.05, 0) is 32.9 Å². The first-order valence-corrected chi connectivity index (χ1v) is 8.48. The van der Waals surface area contributed by atoms with E-state index < -0.39 is 6.43 Å². The Morgan fingerprint density at radius 2 is 1.92 bits per heavy atom. The lowest BCUT2D eigenvalue weighted by molar-refractivity contribution is 0.133. The molecule has 0 spiro atoms. The highest BCUT2D eigenvalue weighted by Crippen LogP contribution is 2.33. The number of halogens is 2. The average Bonchev–Trinajstić information content (AvgIpc) is 3.30. The molecular weight excluding hydrogens is 342 g/mol. The molecule has 7 nitrogen and oxygen atoms in total. The van der Waals surface area contributed by atoms with Crippen LogP contribution in [0.25, 0.3) is 23.0 Å². The number of nitrogens with one attached hydrogen (secondary N) is 1. The maximum atomic E-state index is 13.7. The highest BCUT2D eigenvalue weighted by molar-refractivity contribution is 5.59. The van der Waals surface area contributed by atoms with Crippen molar-refractivity contribution in [1.29, 1.82) is 0 Å². The Labute approximate surface area is 148 Å². The van der Waals surface area contributed by atoms with Crippen LogP contribution in [0, 0.1) is 6.92 Å². The summed E-state index contributed by atoms with van der Waals surface area (Å²) in [5.74, 6) is 0.285. The molecule has 26 heavy (non-hydrogen) atoms. The number of piperidine rings is 1. The monoisotopic (exact) mass is 360 g/mol. The summed E-state index contributed by atoms with van der Waals surface area (Å²) in [6.45, 7) is 3.50. The number of aromatic nitrogens is 5. The molecule has 1 N–H and O–H groups in total. The van der Waals surface area contributed by atoms with Gasteiger partial charge in [0.2, 0.25) is 5.82 Å². The first kappa shape index (κ1) is 16.8. The second kappa shape index (κ2) is 6.91. The van der Waals surface area contributed by atoms with Gasteiger partial charge in [-0.25, -0.2) is 13.5 Å². The van der Waals surface area contributed by atoms with Gasteiger partial charge in [-0.3, -0.25) is 0 Å². The molecule has 1 aliphatic heterocycles. The van der Waals surface area contributed by atoms with Gasteiger partial charge in [0.1, 0.15) is 5.69 Å². The zero-order chi connectivity index (χ0) is 18.1. The molecule has 0 radical (unpaired) electrons. The van der Waals surface area contributed by atoms with E-state index in [0.29, 0.717) is 5.82 Å². The predicted octanol–water partition coefficient (Wildman–Crippen LogP) is 3.17. The maximum absolute atomic E-state index is 13.7. The molecule has 0 atom stereocenters. The van der Waals surface area contributed by atoms with Crippen molar-refractivity contribution in [3.05, 3.63) is 35.5 Å². The summed E-state index contributed by atoms with van der Waals surface area (Å²) >= 11 is 0. The van der Waals surface area contributed by atoms with E-state index in [1.165, 1.54) is 4.68 Å². The number of hydrogen-bond acceptors (Lipinski definition) is 6. The number of nitrogens with zero attached hydrogens (tertiary/aromatic N) is 5. The average molecular weight is 360 g/mol. The van der Waals surface area contributed by atoms with Crippen LogP contribution in [0.2, 0.25) is 0 Å². The van der Waals surface area contributed by atoms with Crippen molar-refractivity contribution in [3.8, 4) is 23.0 Å². The first-order chi connectivity index (χ1) is 12.6. The van der Waals surface area contributed by atoms with E-state index in [0.717, 1.165) is 37.1 Å². The van der Waals surface area contributed by atoms with Gasteiger partial charge in [-0.15, -0.1) is 5.10 Å². The molecule has 0 aliphatic carbocycles. The van der Waals surface area contributed by atoms with Crippen LogP contribution in [-0.2, 0) is 0 Å². The van der Waals surface area contributed by atoms with Crippen LogP contribution in [0.1, 0.15) is 36.6 Å². The van der Waals surface area contributed by atoms with E-state index in [1.54, 1.807) is 0 Å². The Morgan fingerprint density at radius 1 is 1.19 bits per heavy atom. The van der Waals surface area contributed by atoms with E-state index in [2.05, 4.69) is 25.8 Å². The summed E-state index contributed by atoms with van der Waals surface area (Å²) in [5, 5.41) is 15.0. The zero-order valence-corrected chi connectivity index (χ0v) is 14.2. The molecule has 0 amide bonds. The lowest BCUT2D eigenvalue weighted by Gasteiger charge is -2.23. The molecule has 0 saturated carbocycles. The van der Waals surface area contributed by atoms with Crippen molar-refractivity contribution in [2.24, 2.45) is 0 Å². The lowest BCUT2D eigenvalue weighted by Crippen LogP contribution is -2.30. The topological polar surface area (TPSA) is 81.7 Å². The molecule has 9 heteroatoms. The van der Waals surface area contributed by atoms with Crippen LogP contribution in [0.4, 0.5) is 8.78 Å². The van der Waals surface area contributed by atoms with Crippen LogP contribution < -0.4 is 5.32 Å². The molecular formula is C17H18F2N6O. The predicted molar refractivity (Wildman–Crippen MR) is 89.6 cm³/mol. The SMILES string of the molecule is Cc1ccc(-c2noc(-c3nnn(C4CCNCC4)c3C(F)F)n2)cc1. The van der Waals surface area contributed by atoms with Crippen molar-refractivity contribution < 1.29 is 13.3 Å². The summed E-state index contributed by atoms with van der Waals surface area (Å²) in [4.78, 5) is 4.24. The molecule has 1 aromatic carbocycles. The molecule has 3 aromatic rings. The Balaban J connectivity index is 1.69. The second-order valence-corrected chi connectivity index (χ2v) is 6.34. The van der Waals surface area contributed by atoms with Gasteiger partial charge in [0.25, 0.3) is 12.3 Å². The molecule has 1 aliphatic rings. The standard InChI is InChI=1S/C17H18F2N6O/c1-10-2-4-11(5-3-10)16-21-17(26-23-16)13-14(15(18)19)25(24-22-13)12-6-8-20-9-7-12/h2-5,12,15,20H,6-9H2,1H3. The summed E-state index contributed by atoms with van der Waals surface area (Å²) in [6.07, 6.45) is -1.29. The fourth-order valence-corrected chi connectivity index (χ4v) is 3.12. The highest BCUT2D eigenvalue weighted by Gasteiger charge is 2.30. The molecule has 136 valence electrons. The minimum Gasteiger partial charge on any atom is -0.332 e. The van der Waals surface area contributed by atoms with Crippen molar-refractivity contribution in [2.45, 2.75) is 32.2 Å². The third kappa shape index (κ3) is 3.10. The third-order valence-electron chi connectivity index (χ3n) is 4.53. The van der Waals surface area contributed by atoms with Gasteiger partial charge < -0.3 is 9.84 Å². The second-order valence-electron chi connectivity index (χ2n) is 6.34. The van der Waals surface area contributed by atoms with Gasteiger partial charge in [0.15, 0.2) is 5.69 Å². The summed E-state index contributed by atoms with van der Waals surface area (Å²) in [5.41, 5.74) is 1.53. The third-order valence-corrected chi connectivity index (χ3v) is 4.53.